The molecule has 0 saturated carbocycles. The van der Waals surface area contributed by atoms with Crippen LogP contribution in [0.1, 0.15) is 16.2 Å². The van der Waals surface area contributed by atoms with E-state index in [2.05, 4.69) is 10.1 Å². The number of benzene rings is 1. The first-order chi connectivity index (χ1) is 8.99. The highest BCUT2D eigenvalue weighted by atomic mass is 35.5. The van der Waals surface area contributed by atoms with Gasteiger partial charge in [-0.15, -0.1) is 0 Å². The molecule has 1 aromatic carbocycles. The van der Waals surface area contributed by atoms with Crippen molar-refractivity contribution < 1.29 is 14.6 Å². The average Bonchev–Trinajstić information content (AvgIpc) is 2.73. The van der Waals surface area contributed by atoms with Gasteiger partial charge in [-0.1, -0.05) is 23.2 Å². The molecule has 0 aliphatic rings. The zero-order chi connectivity index (χ0) is 14.0. The van der Waals surface area contributed by atoms with Crippen LogP contribution in [-0.4, -0.2) is 25.8 Å². The van der Waals surface area contributed by atoms with Crippen LogP contribution >= 0.6 is 23.2 Å². The fraction of sp³-hybridized carbons (Fsp3) is 0.182. The number of aryl methyl sites for hydroxylation is 1. The van der Waals surface area contributed by atoms with Gasteiger partial charge in [0.25, 0.3) is 0 Å². The molecule has 2 aromatic rings. The number of hydrogen-bond acceptors (Lipinski definition) is 4. The molecule has 2 rings (SSSR count). The molecular weight excluding hydrogens is 293 g/mol. The van der Waals surface area contributed by atoms with Crippen LogP contribution in [0.5, 0.6) is 5.75 Å². The molecule has 6 nitrogen and oxygen atoms in total. The second-order valence-electron chi connectivity index (χ2n) is 3.66. The third-order valence-electron chi connectivity index (χ3n) is 2.39. The lowest BCUT2D eigenvalue weighted by molar-refractivity contribution is 0.0691. The summed E-state index contributed by atoms with van der Waals surface area (Å²) in [6, 6.07) is 2.70. The van der Waals surface area contributed by atoms with E-state index in [1.54, 1.807) is 7.05 Å². The standard InChI is InChI=1S/C11H9Cl2N3O3/c1-16-9(14-5-15-16)4-19-10-7(11(17)18)2-6(12)3-8(10)13/h2-3,5H,4H2,1H3,(H,17,18). The van der Waals surface area contributed by atoms with Crippen molar-refractivity contribution in [3.05, 3.63) is 39.9 Å². The maximum absolute atomic E-state index is 11.1. The summed E-state index contributed by atoms with van der Waals surface area (Å²) in [6.07, 6.45) is 1.38. The van der Waals surface area contributed by atoms with Gasteiger partial charge in [-0.25, -0.2) is 9.78 Å². The number of rotatable bonds is 4. The fourth-order valence-corrected chi connectivity index (χ4v) is 2.00. The van der Waals surface area contributed by atoms with Crippen LogP contribution in [0.2, 0.25) is 10.0 Å². The van der Waals surface area contributed by atoms with E-state index in [1.807, 2.05) is 0 Å². The molecular formula is C11H9Cl2N3O3. The highest BCUT2D eigenvalue weighted by Gasteiger charge is 2.17. The molecule has 0 aliphatic carbocycles. The Labute approximate surface area is 118 Å². The van der Waals surface area contributed by atoms with Crippen LogP contribution in [-0.2, 0) is 13.7 Å². The number of halogens is 2. The molecule has 0 radical (unpaired) electrons. The lowest BCUT2D eigenvalue weighted by Crippen LogP contribution is -2.08. The summed E-state index contributed by atoms with van der Waals surface area (Å²) in [6.45, 7) is 0.0537. The first-order valence-corrected chi connectivity index (χ1v) is 5.92. The molecule has 19 heavy (non-hydrogen) atoms. The minimum absolute atomic E-state index is 0.0537. The molecule has 100 valence electrons. The monoisotopic (exact) mass is 301 g/mol. The third-order valence-corrected chi connectivity index (χ3v) is 2.89. The molecule has 0 fully saturated rings. The van der Waals surface area contributed by atoms with E-state index in [0.717, 1.165) is 0 Å². The van der Waals surface area contributed by atoms with Crippen molar-refractivity contribution in [3.8, 4) is 5.75 Å². The Hall–Kier alpha value is -1.79. The van der Waals surface area contributed by atoms with E-state index in [1.165, 1.54) is 23.1 Å². The Balaban J connectivity index is 2.29. The third kappa shape index (κ3) is 2.97. The lowest BCUT2D eigenvalue weighted by Gasteiger charge is -2.11. The first kappa shape index (κ1) is 13.6. The Morgan fingerprint density at radius 3 is 2.79 bits per heavy atom. The van der Waals surface area contributed by atoms with Crippen LogP contribution in [0.15, 0.2) is 18.5 Å². The van der Waals surface area contributed by atoms with Crippen molar-refractivity contribution >= 4 is 29.2 Å². The largest absolute Gasteiger partial charge is 0.483 e. The Morgan fingerprint density at radius 2 is 2.21 bits per heavy atom. The van der Waals surface area contributed by atoms with Crippen LogP contribution in [0, 0.1) is 0 Å². The number of carboxylic acid groups (broad SMARTS) is 1. The molecule has 1 aromatic heterocycles. The van der Waals surface area contributed by atoms with E-state index in [-0.39, 0.29) is 28.0 Å². The van der Waals surface area contributed by atoms with Crippen molar-refractivity contribution in [3.63, 3.8) is 0 Å². The van der Waals surface area contributed by atoms with E-state index in [0.29, 0.717) is 5.82 Å². The van der Waals surface area contributed by atoms with Gasteiger partial charge < -0.3 is 9.84 Å². The Bertz CT molecular complexity index is 628. The summed E-state index contributed by atoms with van der Waals surface area (Å²) in [5, 5.41) is 13.3. The predicted molar refractivity (Wildman–Crippen MR) is 68.8 cm³/mol. The number of hydrogen-bond donors (Lipinski definition) is 1. The van der Waals surface area contributed by atoms with Gasteiger partial charge in [-0.3, -0.25) is 4.68 Å². The smallest absolute Gasteiger partial charge is 0.339 e. The van der Waals surface area contributed by atoms with Crippen molar-refractivity contribution in [1.82, 2.24) is 14.8 Å². The number of carbonyl (C=O) groups is 1. The Morgan fingerprint density at radius 1 is 1.47 bits per heavy atom. The van der Waals surface area contributed by atoms with Gasteiger partial charge in [0.2, 0.25) is 0 Å². The van der Waals surface area contributed by atoms with Crippen LogP contribution < -0.4 is 4.74 Å². The number of ether oxygens (including phenoxy) is 1. The number of carboxylic acids is 1. The maximum Gasteiger partial charge on any atom is 0.339 e. The van der Waals surface area contributed by atoms with Crippen molar-refractivity contribution in [2.45, 2.75) is 6.61 Å². The molecule has 0 amide bonds. The highest BCUT2D eigenvalue weighted by molar-refractivity contribution is 6.36. The molecule has 0 bridgehead atoms. The van der Waals surface area contributed by atoms with E-state index >= 15 is 0 Å². The highest BCUT2D eigenvalue weighted by Crippen LogP contribution is 2.32. The van der Waals surface area contributed by atoms with Gasteiger partial charge >= 0.3 is 5.97 Å². The van der Waals surface area contributed by atoms with E-state index in [9.17, 15) is 4.79 Å². The van der Waals surface area contributed by atoms with Crippen molar-refractivity contribution in [1.29, 1.82) is 0 Å². The predicted octanol–water partition coefficient (Wildman–Crippen LogP) is 2.40. The second kappa shape index (κ2) is 5.46. The fourth-order valence-electron chi connectivity index (χ4n) is 1.45. The summed E-state index contributed by atoms with van der Waals surface area (Å²) in [5.41, 5.74) is -0.0975. The molecule has 8 heteroatoms. The van der Waals surface area contributed by atoms with Gasteiger partial charge in [-0.2, -0.15) is 5.10 Å². The van der Waals surface area contributed by atoms with Crippen molar-refractivity contribution in [2.75, 3.05) is 0 Å². The molecule has 0 atom stereocenters. The number of nitrogens with zero attached hydrogens (tertiary/aromatic N) is 3. The van der Waals surface area contributed by atoms with Gasteiger partial charge in [0.05, 0.1) is 5.02 Å². The molecule has 0 spiro atoms. The average molecular weight is 302 g/mol. The summed E-state index contributed by atoms with van der Waals surface area (Å²) in [5.74, 6) is -0.568. The van der Waals surface area contributed by atoms with Gasteiger partial charge in [-0.05, 0) is 12.1 Å². The molecule has 0 saturated heterocycles. The molecule has 0 aliphatic heterocycles. The zero-order valence-corrected chi connectivity index (χ0v) is 11.3. The van der Waals surface area contributed by atoms with Gasteiger partial charge in [0.15, 0.2) is 11.6 Å². The minimum atomic E-state index is -1.17. The van der Waals surface area contributed by atoms with Crippen molar-refractivity contribution in [2.24, 2.45) is 7.05 Å². The second-order valence-corrected chi connectivity index (χ2v) is 4.50. The van der Waals surface area contributed by atoms with Crippen LogP contribution in [0.3, 0.4) is 0 Å². The molecule has 1 N–H and O–H groups in total. The quantitative estimate of drug-likeness (QED) is 0.938. The molecule has 1 heterocycles. The van der Waals surface area contributed by atoms with Crippen LogP contribution in [0.4, 0.5) is 0 Å². The summed E-state index contributed by atoms with van der Waals surface area (Å²) >= 11 is 11.7. The lowest BCUT2D eigenvalue weighted by atomic mass is 10.2. The number of aromatic nitrogens is 3. The van der Waals surface area contributed by atoms with Crippen LogP contribution in [0.25, 0.3) is 0 Å². The SMILES string of the molecule is Cn1ncnc1COc1c(Cl)cc(Cl)cc1C(=O)O. The summed E-state index contributed by atoms with van der Waals surface area (Å²) < 4.78 is 6.93. The zero-order valence-electron chi connectivity index (χ0n) is 9.80. The summed E-state index contributed by atoms with van der Waals surface area (Å²) in [4.78, 5) is 15.1. The van der Waals surface area contributed by atoms with E-state index in [4.69, 9.17) is 33.0 Å². The molecule has 0 unspecified atom stereocenters. The normalized spacial score (nSPS) is 10.5. The maximum atomic E-state index is 11.1. The number of aromatic carboxylic acids is 1. The van der Waals surface area contributed by atoms with Gasteiger partial charge in [0.1, 0.15) is 18.5 Å². The van der Waals surface area contributed by atoms with E-state index < -0.39 is 5.97 Å². The topological polar surface area (TPSA) is 77.2 Å². The first-order valence-electron chi connectivity index (χ1n) is 5.17. The van der Waals surface area contributed by atoms with Gasteiger partial charge in [0, 0.05) is 12.1 Å². The minimum Gasteiger partial charge on any atom is -0.483 e. The Kier molecular flexibility index (Phi) is 3.92. The summed E-state index contributed by atoms with van der Waals surface area (Å²) in [7, 11) is 1.70.